The van der Waals surface area contributed by atoms with E-state index in [4.69, 9.17) is 0 Å². The summed E-state index contributed by atoms with van der Waals surface area (Å²) >= 11 is 0. The van der Waals surface area contributed by atoms with Gasteiger partial charge in [0.15, 0.2) is 5.78 Å². The van der Waals surface area contributed by atoms with Crippen LogP contribution in [0.2, 0.25) is 0 Å². The van der Waals surface area contributed by atoms with Gasteiger partial charge in [-0.05, 0) is 110 Å². The number of carbonyl (C=O) groups is 1. The molecule has 7 rings (SSSR count). The normalized spacial score (nSPS) is 36.3. The minimum Gasteiger partial charge on any atom is -0.393 e. The van der Waals surface area contributed by atoms with Crippen molar-refractivity contribution in [1.29, 1.82) is 0 Å². The molecule has 4 aliphatic carbocycles. The summed E-state index contributed by atoms with van der Waals surface area (Å²) < 4.78 is 17.0. The number of allylic oxidation sites excluding steroid dienone is 1. The second-order valence-electron chi connectivity index (χ2n) is 13.3. The Morgan fingerprint density at radius 2 is 1.93 bits per heavy atom. The maximum atomic E-state index is 13.6. The Balaban J connectivity index is 1.19. The molecule has 8 heteroatoms. The highest BCUT2D eigenvalue weighted by Crippen LogP contribution is 2.67. The summed E-state index contributed by atoms with van der Waals surface area (Å²) in [5, 5.41) is 32.8. The molecule has 40 heavy (non-hydrogen) atoms. The molecule has 1 aromatic carbocycles. The SMILES string of the molecule is Cc1cnn(CC(=O)[C@@]2(O)CCC3C4CCC5=Cc6c(cnn6-c6ccc(F)cc6)CC5(C)C4C(O)CC32C)c1. The highest BCUT2D eigenvalue weighted by Gasteiger charge is 2.68. The summed E-state index contributed by atoms with van der Waals surface area (Å²) in [4.78, 5) is 13.6. The van der Waals surface area contributed by atoms with Gasteiger partial charge in [-0.3, -0.25) is 9.48 Å². The number of nitrogens with zero attached hydrogens (tertiary/aromatic N) is 4. The second kappa shape index (κ2) is 8.70. The van der Waals surface area contributed by atoms with E-state index in [0.29, 0.717) is 12.8 Å². The van der Waals surface area contributed by atoms with Crippen LogP contribution in [0.4, 0.5) is 4.39 Å². The Bertz CT molecular complexity index is 1520. The zero-order chi connectivity index (χ0) is 28.0. The van der Waals surface area contributed by atoms with E-state index >= 15 is 0 Å². The lowest BCUT2D eigenvalue weighted by Gasteiger charge is -2.60. The predicted octanol–water partition coefficient (Wildman–Crippen LogP) is 4.67. The van der Waals surface area contributed by atoms with Crippen molar-refractivity contribution in [2.75, 3.05) is 0 Å². The van der Waals surface area contributed by atoms with Crippen molar-refractivity contribution >= 4 is 11.9 Å². The van der Waals surface area contributed by atoms with Gasteiger partial charge in [0, 0.05) is 11.6 Å². The lowest BCUT2D eigenvalue weighted by atomic mass is 9.45. The molecule has 0 aliphatic heterocycles. The molecule has 0 spiro atoms. The van der Waals surface area contributed by atoms with Gasteiger partial charge >= 0.3 is 0 Å². The fraction of sp³-hybridized carbons (Fsp3) is 0.531. The average Bonchev–Trinajstić information content (AvgIpc) is 3.58. The fourth-order valence-electron chi connectivity index (χ4n) is 9.27. The number of hydrogen-bond acceptors (Lipinski definition) is 5. The van der Waals surface area contributed by atoms with Gasteiger partial charge in [0.25, 0.3) is 0 Å². The Morgan fingerprint density at radius 3 is 2.65 bits per heavy atom. The quantitative estimate of drug-likeness (QED) is 0.498. The number of Topliss-reactive ketones (excluding diaryl/α,β-unsaturated/α-hetero) is 1. The van der Waals surface area contributed by atoms with Gasteiger partial charge in [-0.15, -0.1) is 0 Å². The molecule has 3 saturated carbocycles. The zero-order valence-corrected chi connectivity index (χ0v) is 23.3. The maximum absolute atomic E-state index is 13.6. The van der Waals surface area contributed by atoms with E-state index in [-0.39, 0.29) is 41.3 Å². The number of hydrogen-bond donors (Lipinski definition) is 2. The summed E-state index contributed by atoms with van der Waals surface area (Å²) in [6, 6.07) is 6.39. The van der Waals surface area contributed by atoms with Crippen molar-refractivity contribution in [2.24, 2.45) is 28.6 Å². The number of ketones is 1. The Morgan fingerprint density at radius 1 is 1.15 bits per heavy atom. The number of fused-ring (bicyclic) bond motifs is 6. The Labute approximate surface area is 233 Å². The molecule has 3 aromatic rings. The van der Waals surface area contributed by atoms with Gasteiger partial charge in [-0.1, -0.05) is 19.4 Å². The van der Waals surface area contributed by atoms with Gasteiger partial charge in [-0.2, -0.15) is 10.2 Å². The van der Waals surface area contributed by atoms with Crippen LogP contribution < -0.4 is 0 Å². The van der Waals surface area contributed by atoms with Crippen molar-refractivity contribution in [1.82, 2.24) is 19.6 Å². The second-order valence-corrected chi connectivity index (χ2v) is 13.3. The largest absolute Gasteiger partial charge is 0.393 e. The van der Waals surface area contributed by atoms with Gasteiger partial charge in [0.05, 0.1) is 29.9 Å². The lowest BCUT2D eigenvalue weighted by Crippen LogP contribution is -2.62. The molecule has 210 valence electrons. The van der Waals surface area contributed by atoms with Crippen LogP contribution in [-0.4, -0.2) is 47.3 Å². The first-order valence-corrected chi connectivity index (χ1v) is 14.5. The molecule has 2 N–H and O–H groups in total. The number of rotatable bonds is 4. The molecular weight excluding hydrogens is 507 g/mol. The molecule has 0 amide bonds. The van der Waals surface area contributed by atoms with Gasteiger partial charge < -0.3 is 10.2 Å². The third-order valence-corrected chi connectivity index (χ3v) is 11.2. The van der Waals surface area contributed by atoms with Crippen LogP contribution in [0.3, 0.4) is 0 Å². The topological polar surface area (TPSA) is 93.2 Å². The van der Waals surface area contributed by atoms with E-state index in [9.17, 15) is 19.4 Å². The number of benzene rings is 1. The number of aliphatic hydroxyl groups is 2. The fourth-order valence-corrected chi connectivity index (χ4v) is 9.27. The first-order chi connectivity index (χ1) is 19.0. The predicted molar refractivity (Wildman–Crippen MR) is 148 cm³/mol. The van der Waals surface area contributed by atoms with Crippen LogP contribution >= 0.6 is 0 Å². The third-order valence-electron chi connectivity index (χ3n) is 11.2. The van der Waals surface area contributed by atoms with Gasteiger partial charge in [0.1, 0.15) is 18.0 Å². The van der Waals surface area contributed by atoms with Crippen LogP contribution in [0.15, 0.2) is 48.4 Å². The molecule has 7 atom stereocenters. The van der Waals surface area contributed by atoms with Crippen molar-refractivity contribution < 1.29 is 19.4 Å². The molecule has 2 aromatic heterocycles. The Hall–Kier alpha value is -3.10. The van der Waals surface area contributed by atoms with Crippen molar-refractivity contribution in [3.8, 4) is 5.69 Å². The van der Waals surface area contributed by atoms with E-state index in [2.05, 4.69) is 23.2 Å². The summed E-state index contributed by atoms with van der Waals surface area (Å²) in [5.41, 5.74) is 2.89. The van der Waals surface area contributed by atoms with E-state index in [1.807, 2.05) is 30.9 Å². The molecule has 2 heterocycles. The van der Waals surface area contributed by atoms with E-state index < -0.39 is 17.1 Å². The molecule has 0 saturated heterocycles. The maximum Gasteiger partial charge on any atom is 0.186 e. The van der Waals surface area contributed by atoms with E-state index in [1.165, 1.54) is 17.7 Å². The number of aliphatic hydroxyl groups excluding tert-OH is 1. The lowest BCUT2D eigenvalue weighted by molar-refractivity contribution is -0.180. The van der Waals surface area contributed by atoms with Gasteiger partial charge in [0.2, 0.25) is 0 Å². The van der Waals surface area contributed by atoms with Crippen molar-refractivity contribution in [2.45, 2.75) is 77.5 Å². The number of carbonyl (C=O) groups excluding carboxylic acids is 1. The van der Waals surface area contributed by atoms with Crippen LogP contribution in [0.1, 0.15) is 62.8 Å². The summed E-state index contributed by atoms with van der Waals surface area (Å²) in [5.74, 6) is -0.0536. The highest BCUT2D eigenvalue weighted by molar-refractivity contribution is 5.88. The smallest absolute Gasteiger partial charge is 0.186 e. The first-order valence-electron chi connectivity index (χ1n) is 14.5. The summed E-state index contributed by atoms with van der Waals surface area (Å²) in [7, 11) is 0. The minimum absolute atomic E-state index is 0.0408. The summed E-state index contributed by atoms with van der Waals surface area (Å²) in [6.45, 7) is 6.30. The molecule has 0 radical (unpaired) electrons. The molecular formula is C32H37FN4O3. The standard InChI is InChI=1S/C32H37FN4O3/c1-19-15-34-36(17-19)18-28(39)32(40)11-10-25-24-9-4-21-12-26-20(16-35-37(26)23-7-5-22(33)6-8-23)13-30(21,2)29(24)27(38)14-31(25,32)3/h5-8,12,15-17,24-25,27,29,38,40H,4,9-11,13-14,18H2,1-3H3/t24?,25?,27?,29?,30?,31?,32-/m0/s1. The molecule has 0 bridgehead atoms. The van der Waals surface area contributed by atoms with Crippen molar-refractivity contribution in [3.63, 3.8) is 0 Å². The minimum atomic E-state index is -1.48. The first kappa shape index (κ1) is 25.8. The third kappa shape index (κ3) is 3.51. The average molecular weight is 545 g/mol. The Kier molecular flexibility index (Phi) is 5.62. The molecule has 4 aliphatic rings. The molecule has 7 nitrogen and oxygen atoms in total. The zero-order valence-electron chi connectivity index (χ0n) is 23.3. The van der Waals surface area contributed by atoms with E-state index in [0.717, 1.165) is 48.2 Å². The van der Waals surface area contributed by atoms with Crippen LogP contribution in [0.25, 0.3) is 11.8 Å². The van der Waals surface area contributed by atoms with Crippen molar-refractivity contribution in [3.05, 3.63) is 71.1 Å². The van der Waals surface area contributed by atoms with Crippen LogP contribution in [0.5, 0.6) is 0 Å². The highest BCUT2D eigenvalue weighted by atomic mass is 19.1. The summed E-state index contributed by atoms with van der Waals surface area (Å²) in [6.07, 6.45) is 11.3. The van der Waals surface area contributed by atoms with Crippen LogP contribution in [0, 0.1) is 41.3 Å². The van der Waals surface area contributed by atoms with Crippen LogP contribution in [-0.2, 0) is 17.8 Å². The van der Waals surface area contributed by atoms with E-state index in [1.54, 1.807) is 23.0 Å². The molecule has 6 unspecified atom stereocenters. The number of aromatic nitrogens is 4. The monoisotopic (exact) mass is 544 g/mol. The number of aryl methyl sites for hydroxylation is 1. The molecule has 3 fully saturated rings. The number of halogens is 1. The van der Waals surface area contributed by atoms with Gasteiger partial charge in [-0.25, -0.2) is 9.07 Å².